The largest absolute Gasteiger partial charge is 0.393 e. The summed E-state index contributed by atoms with van der Waals surface area (Å²) in [5.74, 6) is 0.451. The highest BCUT2D eigenvalue weighted by Gasteiger charge is 2.26. The van der Waals surface area contributed by atoms with Crippen LogP contribution in [0, 0.1) is 5.92 Å². The first-order chi connectivity index (χ1) is 7.29. The molecule has 84 valence electrons. The van der Waals surface area contributed by atoms with E-state index >= 15 is 0 Å². The molecule has 1 N–H and O–H groups in total. The minimum absolute atomic E-state index is 0.0901. The smallest absolute Gasteiger partial charge is 0.0794 e. The predicted molar refractivity (Wildman–Crippen MR) is 61.8 cm³/mol. The Bertz CT molecular complexity index is 289. The van der Waals surface area contributed by atoms with Crippen molar-refractivity contribution in [3.8, 4) is 0 Å². The number of piperidine rings is 1. The number of hydrogen-bond acceptors (Lipinski definition) is 4. The zero-order chi connectivity index (χ0) is 10.7. The number of nitrogens with zero attached hydrogens (tertiary/aromatic N) is 2. The van der Waals surface area contributed by atoms with Crippen LogP contribution in [0.25, 0.3) is 0 Å². The van der Waals surface area contributed by atoms with Crippen LogP contribution in [0.5, 0.6) is 0 Å². The van der Waals surface area contributed by atoms with Gasteiger partial charge in [0.25, 0.3) is 0 Å². The zero-order valence-electron chi connectivity index (χ0n) is 9.09. The normalized spacial score (nSPS) is 28.1. The molecule has 0 radical (unpaired) electrons. The van der Waals surface area contributed by atoms with Gasteiger partial charge in [0.1, 0.15) is 0 Å². The molecule has 2 unspecified atom stereocenters. The zero-order valence-corrected chi connectivity index (χ0v) is 9.91. The average Bonchev–Trinajstić information content (AvgIpc) is 2.73. The Labute approximate surface area is 94.8 Å². The standard InChI is InChI=1S/C11H18N2OS/c1-2-9-6-13(4-3-11(9)14)7-10-5-12-8-15-10/h5,8-9,11,14H,2-4,6-7H2,1H3. The number of hydrogen-bond donors (Lipinski definition) is 1. The molecule has 1 aliphatic heterocycles. The van der Waals surface area contributed by atoms with E-state index < -0.39 is 0 Å². The maximum absolute atomic E-state index is 9.78. The minimum atomic E-state index is -0.0901. The molecule has 0 amide bonds. The maximum Gasteiger partial charge on any atom is 0.0794 e. The first-order valence-electron chi connectivity index (χ1n) is 5.57. The molecule has 4 heteroatoms. The molecule has 1 aromatic heterocycles. The Morgan fingerprint density at radius 2 is 2.53 bits per heavy atom. The fourth-order valence-electron chi connectivity index (χ4n) is 2.18. The first kappa shape index (κ1) is 11.0. The van der Waals surface area contributed by atoms with Gasteiger partial charge in [0.15, 0.2) is 0 Å². The number of aliphatic hydroxyl groups is 1. The molecule has 0 saturated carbocycles. The quantitative estimate of drug-likeness (QED) is 0.853. The van der Waals surface area contributed by atoms with Crippen molar-refractivity contribution in [1.29, 1.82) is 0 Å². The molecule has 1 saturated heterocycles. The summed E-state index contributed by atoms with van der Waals surface area (Å²) in [6.45, 7) is 5.18. The lowest BCUT2D eigenvalue weighted by Gasteiger charge is -2.35. The Balaban J connectivity index is 1.89. The van der Waals surface area contributed by atoms with Crippen LogP contribution in [0.15, 0.2) is 11.7 Å². The molecule has 3 nitrogen and oxygen atoms in total. The van der Waals surface area contributed by atoms with Gasteiger partial charge in [0.05, 0.1) is 11.6 Å². The van der Waals surface area contributed by atoms with Crippen molar-refractivity contribution in [1.82, 2.24) is 9.88 Å². The van der Waals surface area contributed by atoms with E-state index in [1.807, 2.05) is 11.7 Å². The lowest BCUT2D eigenvalue weighted by molar-refractivity contribution is 0.0225. The van der Waals surface area contributed by atoms with Crippen LogP contribution in [-0.4, -0.2) is 34.2 Å². The van der Waals surface area contributed by atoms with Crippen LogP contribution in [0.2, 0.25) is 0 Å². The van der Waals surface area contributed by atoms with Crippen molar-refractivity contribution in [3.05, 3.63) is 16.6 Å². The Kier molecular flexibility index (Phi) is 3.72. The summed E-state index contributed by atoms with van der Waals surface area (Å²) in [6.07, 6.45) is 3.83. The van der Waals surface area contributed by atoms with Gasteiger partial charge in [-0.25, -0.2) is 0 Å². The van der Waals surface area contributed by atoms with Gasteiger partial charge in [0, 0.05) is 30.7 Å². The van der Waals surface area contributed by atoms with Crippen molar-refractivity contribution < 1.29 is 5.11 Å². The monoisotopic (exact) mass is 226 g/mol. The van der Waals surface area contributed by atoms with Crippen molar-refractivity contribution in [3.63, 3.8) is 0 Å². The van der Waals surface area contributed by atoms with Gasteiger partial charge < -0.3 is 5.11 Å². The molecule has 1 fully saturated rings. The number of thiazole rings is 1. The van der Waals surface area contributed by atoms with Crippen LogP contribution in [0.3, 0.4) is 0 Å². The van der Waals surface area contributed by atoms with Gasteiger partial charge in [0.2, 0.25) is 0 Å². The van der Waals surface area contributed by atoms with Gasteiger partial charge in [-0.05, 0) is 18.8 Å². The van der Waals surface area contributed by atoms with Crippen LogP contribution in [0.4, 0.5) is 0 Å². The third kappa shape index (κ3) is 2.77. The molecule has 1 aromatic rings. The second-order valence-electron chi connectivity index (χ2n) is 4.23. The molecule has 2 atom stereocenters. The predicted octanol–water partition coefficient (Wildman–Crippen LogP) is 1.74. The van der Waals surface area contributed by atoms with E-state index in [0.29, 0.717) is 5.92 Å². The van der Waals surface area contributed by atoms with E-state index in [9.17, 15) is 5.11 Å². The Morgan fingerprint density at radius 1 is 1.67 bits per heavy atom. The molecule has 0 bridgehead atoms. The SMILES string of the molecule is CCC1CN(Cc2cncs2)CCC1O. The number of likely N-dealkylation sites (tertiary alicyclic amines) is 1. The fraction of sp³-hybridized carbons (Fsp3) is 0.727. The average molecular weight is 226 g/mol. The molecular weight excluding hydrogens is 208 g/mol. The van der Waals surface area contributed by atoms with Gasteiger partial charge >= 0.3 is 0 Å². The van der Waals surface area contributed by atoms with Gasteiger partial charge in [-0.2, -0.15) is 0 Å². The molecule has 0 spiro atoms. The maximum atomic E-state index is 9.78. The van der Waals surface area contributed by atoms with Crippen molar-refractivity contribution in [2.24, 2.45) is 5.92 Å². The number of aromatic nitrogens is 1. The summed E-state index contributed by atoms with van der Waals surface area (Å²) in [5, 5.41) is 9.78. The summed E-state index contributed by atoms with van der Waals surface area (Å²) >= 11 is 1.71. The van der Waals surface area contributed by atoms with Crippen LogP contribution in [0.1, 0.15) is 24.6 Å². The summed E-state index contributed by atoms with van der Waals surface area (Å²) in [7, 11) is 0. The van der Waals surface area contributed by atoms with Gasteiger partial charge in [-0.3, -0.25) is 9.88 Å². The molecule has 15 heavy (non-hydrogen) atoms. The van der Waals surface area contributed by atoms with Crippen LogP contribution < -0.4 is 0 Å². The van der Waals surface area contributed by atoms with Crippen molar-refractivity contribution in [2.45, 2.75) is 32.4 Å². The summed E-state index contributed by atoms with van der Waals surface area (Å²) < 4.78 is 0. The molecule has 0 aliphatic carbocycles. The third-order valence-corrected chi connectivity index (χ3v) is 3.93. The summed E-state index contributed by atoms with van der Waals surface area (Å²) in [6, 6.07) is 0. The Hall–Kier alpha value is -0.450. The summed E-state index contributed by atoms with van der Waals surface area (Å²) in [4.78, 5) is 7.83. The first-order valence-corrected chi connectivity index (χ1v) is 6.45. The highest BCUT2D eigenvalue weighted by Crippen LogP contribution is 2.22. The van der Waals surface area contributed by atoms with E-state index in [4.69, 9.17) is 0 Å². The van der Waals surface area contributed by atoms with Crippen LogP contribution in [-0.2, 0) is 6.54 Å². The lowest BCUT2D eigenvalue weighted by atomic mass is 9.92. The lowest BCUT2D eigenvalue weighted by Crippen LogP contribution is -2.42. The van der Waals surface area contributed by atoms with Crippen molar-refractivity contribution >= 4 is 11.3 Å². The van der Waals surface area contributed by atoms with E-state index in [-0.39, 0.29) is 6.10 Å². The van der Waals surface area contributed by atoms with Crippen molar-refractivity contribution in [2.75, 3.05) is 13.1 Å². The van der Waals surface area contributed by atoms with Gasteiger partial charge in [-0.1, -0.05) is 6.92 Å². The third-order valence-electron chi connectivity index (χ3n) is 3.17. The van der Waals surface area contributed by atoms with E-state index in [0.717, 1.165) is 32.5 Å². The number of aliphatic hydroxyl groups excluding tert-OH is 1. The van der Waals surface area contributed by atoms with Gasteiger partial charge in [-0.15, -0.1) is 11.3 Å². The second-order valence-corrected chi connectivity index (χ2v) is 5.20. The van der Waals surface area contributed by atoms with E-state index in [1.54, 1.807) is 11.3 Å². The summed E-state index contributed by atoms with van der Waals surface area (Å²) in [5.41, 5.74) is 1.88. The van der Waals surface area contributed by atoms with E-state index in [1.165, 1.54) is 4.88 Å². The Morgan fingerprint density at radius 3 is 3.20 bits per heavy atom. The highest BCUT2D eigenvalue weighted by molar-refractivity contribution is 7.09. The molecule has 1 aliphatic rings. The molecular formula is C11H18N2OS. The number of rotatable bonds is 3. The molecule has 2 rings (SSSR count). The second kappa shape index (κ2) is 5.05. The molecule has 2 heterocycles. The van der Waals surface area contributed by atoms with Crippen LogP contribution >= 0.6 is 11.3 Å². The highest BCUT2D eigenvalue weighted by atomic mass is 32.1. The molecule has 0 aromatic carbocycles. The fourth-order valence-corrected chi connectivity index (χ4v) is 2.82. The van der Waals surface area contributed by atoms with E-state index in [2.05, 4.69) is 16.8 Å². The minimum Gasteiger partial charge on any atom is -0.393 e. The topological polar surface area (TPSA) is 36.4 Å².